The molecule has 0 aliphatic carbocycles. The van der Waals surface area contributed by atoms with Gasteiger partial charge >= 0.3 is 0 Å². The number of anilines is 1. The normalized spacial score (nSPS) is 9.45. The molecule has 3 aromatic rings. The van der Waals surface area contributed by atoms with Crippen LogP contribution in [0.3, 0.4) is 0 Å². The number of rotatable bonds is 1. The molecule has 100 valence electrons. The third-order valence-corrected chi connectivity index (χ3v) is 2.96. The van der Waals surface area contributed by atoms with E-state index in [0.717, 1.165) is 5.69 Å². The lowest BCUT2D eigenvalue weighted by Crippen LogP contribution is -1.81. The molecule has 0 amide bonds. The van der Waals surface area contributed by atoms with Crippen LogP contribution in [0.1, 0.15) is 5.56 Å². The number of nitrogen functional groups attached to an aromatic ring is 1. The lowest BCUT2D eigenvalue weighted by atomic mass is 10.1. The average molecular weight is 261 g/mol. The van der Waals surface area contributed by atoms with Gasteiger partial charge in [-0.1, -0.05) is 78.4 Å². The van der Waals surface area contributed by atoms with E-state index in [1.807, 2.05) is 43.3 Å². The summed E-state index contributed by atoms with van der Waals surface area (Å²) in [6.45, 7) is 2.04. The highest BCUT2D eigenvalue weighted by atomic mass is 14.5. The van der Waals surface area contributed by atoms with E-state index in [4.69, 9.17) is 5.73 Å². The van der Waals surface area contributed by atoms with E-state index in [1.165, 1.54) is 16.7 Å². The van der Waals surface area contributed by atoms with Gasteiger partial charge in [0.25, 0.3) is 0 Å². The van der Waals surface area contributed by atoms with Gasteiger partial charge in [-0.15, -0.1) is 0 Å². The van der Waals surface area contributed by atoms with Crippen LogP contribution in [0.15, 0.2) is 84.9 Å². The van der Waals surface area contributed by atoms with Crippen LogP contribution in [0.5, 0.6) is 0 Å². The minimum atomic E-state index is 0.829. The van der Waals surface area contributed by atoms with Crippen LogP contribution >= 0.6 is 0 Å². The molecular formula is C19H19N. The van der Waals surface area contributed by atoms with Crippen molar-refractivity contribution in [3.63, 3.8) is 0 Å². The van der Waals surface area contributed by atoms with Crippen LogP contribution in [-0.2, 0) is 0 Å². The Morgan fingerprint density at radius 1 is 0.550 bits per heavy atom. The van der Waals surface area contributed by atoms with Crippen molar-refractivity contribution < 1.29 is 0 Å². The molecule has 0 unspecified atom stereocenters. The van der Waals surface area contributed by atoms with Crippen LogP contribution in [-0.4, -0.2) is 0 Å². The second-order valence-corrected chi connectivity index (χ2v) is 4.64. The highest BCUT2D eigenvalue weighted by molar-refractivity contribution is 5.62. The highest BCUT2D eigenvalue weighted by Gasteiger charge is 1.91. The Labute approximate surface area is 120 Å². The largest absolute Gasteiger partial charge is 0.399 e. The van der Waals surface area contributed by atoms with Crippen LogP contribution in [0.25, 0.3) is 11.1 Å². The standard InChI is InChI=1S/C12H10.C7H9N/c1-3-7-11(8-4-1)12-9-5-2-6-10-12;1-6-2-4-7(8)5-3-6/h1-10H;2-5H,8H2,1H3. The first-order valence-corrected chi connectivity index (χ1v) is 6.68. The van der Waals surface area contributed by atoms with Gasteiger partial charge in [0.15, 0.2) is 0 Å². The summed E-state index contributed by atoms with van der Waals surface area (Å²) in [7, 11) is 0. The van der Waals surface area contributed by atoms with E-state index in [1.54, 1.807) is 0 Å². The van der Waals surface area contributed by atoms with Crippen LogP contribution in [0.4, 0.5) is 5.69 Å². The van der Waals surface area contributed by atoms with E-state index >= 15 is 0 Å². The quantitative estimate of drug-likeness (QED) is 0.617. The van der Waals surface area contributed by atoms with E-state index in [9.17, 15) is 0 Å². The molecule has 0 aromatic heterocycles. The fourth-order valence-electron chi connectivity index (χ4n) is 1.83. The third kappa shape index (κ3) is 4.29. The van der Waals surface area contributed by atoms with Gasteiger partial charge in [0, 0.05) is 5.69 Å². The molecule has 20 heavy (non-hydrogen) atoms. The van der Waals surface area contributed by atoms with Crippen LogP contribution < -0.4 is 5.73 Å². The Bertz CT molecular complexity index is 554. The molecule has 0 heterocycles. The summed E-state index contributed by atoms with van der Waals surface area (Å²) in [5, 5.41) is 0. The fraction of sp³-hybridized carbons (Fsp3) is 0.0526. The molecule has 3 aromatic carbocycles. The van der Waals surface area contributed by atoms with Crippen molar-refractivity contribution in [3.8, 4) is 11.1 Å². The molecule has 0 bridgehead atoms. The lowest BCUT2D eigenvalue weighted by Gasteiger charge is -1.98. The Morgan fingerprint density at radius 3 is 1.30 bits per heavy atom. The molecule has 0 fully saturated rings. The summed E-state index contributed by atoms with van der Waals surface area (Å²) in [4.78, 5) is 0. The van der Waals surface area contributed by atoms with Gasteiger partial charge in [-0.2, -0.15) is 0 Å². The molecule has 1 heteroatoms. The molecule has 0 aliphatic heterocycles. The fourth-order valence-corrected chi connectivity index (χ4v) is 1.83. The van der Waals surface area contributed by atoms with Gasteiger partial charge in [0.05, 0.1) is 0 Å². The Balaban J connectivity index is 0.000000160. The summed E-state index contributed by atoms with van der Waals surface area (Å²) in [5.41, 5.74) is 10.1. The summed E-state index contributed by atoms with van der Waals surface area (Å²) >= 11 is 0. The SMILES string of the molecule is Cc1ccc(N)cc1.c1ccc(-c2ccccc2)cc1. The molecule has 0 spiro atoms. The minimum Gasteiger partial charge on any atom is -0.399 e. The van der Waals surface area contributed by atoms with Crippen molar-refractivity contribution in [2.45, 2.75) is 6.92 Å². The van der Waals surface area contributed by atoms with E-state index in [-0.39, 0.29) is 0 Å². The Morgan fingerprint density at radius 2 is 0.950 bits per heavy atom. The zero-order chi connectivity index (χ0) is 14.2. The van der Waals surface area contributed by atoms with Crippen molar-refractivity contribution in [2.24, 2.45) is 0 Å². The molecule has 0 saturated carbocycles. The first-order chi connectivity index (χ1) is 9.75. The third-order valence-electron chi connectivity index (χ3n) is 2.96. The predicted molar refractivity (Wildman–Crippen MR) is 87.5 cm³/mol. The van der Waals surface area contributed by atoms with Gasteiger partial charge in [0.1, 0.15) is 0 Å². The van der Waals surface area contributed by atoms with Gasteiger partial charge in [-0.05, 0) is 30.2 Å². The molecule has 0 atom stereocenters. The molecule has 2 N–H and O–H groups in total. The highest BCUT2D eigenvalue weighted by Crippen LogP contribution is 2.17. The zero-order valence-electron chi connectivity index (χ0n) is 11.7. The number of hydrogen-bond acceptors (Lipinski definition) is 1. The van der Waals surface area contributed by atoms with E-state index in [0.29, 0.717) is 0 Å². The van der Waals surface area contributed by atoms with Crippen molar-refractivity contribution >= 4 is 5.69 Å². The number of nitrogens with two attached hydrogens (primary N) is 1. The first kappa shape index (κ1) is 13.9. The Hall–Kier alpha value is -2.54. The van der Waals surface area contributed by atoms with Crippen molar-refractivity contribution in [1.82, 2.24) is 0 Å². The topological polar surface area (TPSA) is 26.0 Å². The summed E-state index contributed by atoms with van der Waals surface area (Å²) in [5.74, 6) is 0. The zero-order valence-corrected chi connectivity index (χ0v) is 11.7. The predicted octanol–water partition coefficient (Wildman–Crippen LogP) is 4.93. The average Bonchev–Trinajstić information content (AvgIpc) is 2.53. The van der Waals surface area contributed by atoms with Crippen molar-refractivity contribution in [3.05, 3.63) is 90.5 Å². The maximum absolute atomic E-state index is 5.43. The second-order valence-electron chi connectivity index (χ2n) is 4.64. The van der Waals surface area contributed by atoms with Gasteiger partial charge < -0.3 is 5.73 Å². The van der Waals surface area contributed by atoms with Crippen molar-refractivity contribution in [2.75, 3.05) is 5.73 Å². The summed E-state index contributed by atoms with van der Waals surface area (Å²) < 4.78 is 0. The molecule has 3 rings (SSSR count). The second kappa shape index (κ2) is 7.15. The van der Waals surface area contributed by atoms with Gasteiger partial charge in [-0.25, -0.2) is 0 Å². The lowest BCUT2D eigenvalue weighted by molar-refractivity contribution is 1.47. The maximum atomic E-state index is 5.43. The van der Waals surface area contributed by atoms with Crippen LogP contribution in [0, 0.1) is 6.92 Å². The molecule has 0 aliphatic rings. The monoisotopic (exact) mass is 261 g/mol. The number of aryl methyl sites for hydroxylation is 1. The number of benzene rings is 3. The molecule has 1 nitrogen and oxygen atoms in total. The minimum absolute atomic E-state index is 0.829. The van der Waals surface area contributed by atoms with Gasteiger partial charge in [-0.3, -0.25) is 0 Å². The van der Waals surface area contributed by atoms with Crippen molar-refractivity contribution in [1.29, 1.82) is 0 Å². The Kier molecular flexibility index (Phi) is 4.96. The van der Waals surface area contributed by atoms with E-state index in [2.05, 4.69) is 48.5 Å². The molecular weight excluding hydrogens is 242 g/mol. The molecule has 0 radical (unpaired) electrons. The summed E-state index contributed by atoms with van der Waals surface area (Å²) in [6, 6.07) is 28.6. The van der Waals surface area contributed by atoms with Gasteiger partial charge in [0.2, 0.25) is 0 Å². The number of hydrogen-bond donors (Lipinski definition) is 1. The van der Waals surface area contributed by atoms with E-state index < -0.39 is 0 Å². The molecule has 0 saturated heterocycles. The van der Waals surface area contributed by atoms with Crippen LogP contribution in [0.2, 0.25) is 0 Å². The first-order valence-electron chi connectivity index (χ1n) is 6.68. The smallest absolute Gasteiger partial charge is 0.0314 e. The maximum Gasteiger partial charge on any atom is 0.0314 e. The summed E-state index contributed by atoms with van der Waals surface area (Å²) in [6.07, 6.45) is 0.